The van der Waals surface area contributed by atoms with Gasteiger partial charge in [0.05, 0.1) is 64.0 Å². The van der Waals surface area contributed by atoms with Crippen molar-refractivity contribution in [2.45, 2.75) is 27.7 Å². The Hall–Kier alpha value is -2.99. The van der Waals surface area contributed by atoms with Gasteiger partial charge in [0.2, 0.25) is 0 Å². The standard InChI is InChI=1S/C36H45O9Si.3ClH.Ti/c1-20-21(2)23(4)33(22(20)3)46(34-27(40-8)14-24(37-5)15-28(34)41-9,35-29(42-10)16-25(38-6)17-30(35)43-11)36-31(44-12)18-26(39-7)19-32(36)45-13;;;;/h14-19H,1-13H3;3*1H;/q-1;;;;+4/p-3. The second-order valence-corrected chi connectivity index (χ2v) is 14.3. The number of halogens is 3. The van der Waals surface area contributed by atoms with Gasteiger partial charge in [-0.15, -0.1) is 5.19 Å². The quantitative estimate of drug-likeness (QED) is 0.0752. The summed E-state index contributed by atoms with van der Waals surface area (Å²) in [6, 6.07) is 11.2. The molecule has 9 nitrogen and oxygen atoms in total. The van der Waals surface area contributed by atoms with Crippen LogP contribution in [0.25, 0.3) is 0 Å². The Morgan fingerprint density at radius 3 is 0.740 bits per heavy atom. The van der Waals surface area contributed by atoms with E-state index in [2.05, 4.69) is 27.7 Å². The van der Waals surface area contributed by atoms with Crippen molar-refractivity contribution >= 4 is 28.8 Å². The normalized spacial score (nSPS) is 10.3. The Morgan fingerprint density at radius 2 is 0.580 bits per heavy atom. The molecule has 0 bridgehead atoms. The van der Waals surface area contributed by atoms with Crippen LogP contribution in [-0.4, -0.2) is 72.1 Å². The summed E-state index contributed by atoms with van der Waals surface area (Å²) in [7, 11) is 10.9. The molecule has 0 spiro atoms. The van der Waals surface area contributed by atoms with Crippen molar-refractivity contribution in [1.82, 2.24) is 0 Å². The molecule has 0 saturated heterocycles. The molecule has 0 aromatic heterocycles. The zero-order chi connectivity index (χ0) is 33.9. The molecule has 4 aromatic carbocycles. The molecule has 0 fully saturated rings. The zero-order valence-corrected chi connectivity index (χ0v) is 35.6. The van der Waals surface area contributed by atoms with Crippen LogP contribution >= 0.6 is 0 Å². The van der Waals surface area contributed by atoms with Crippen LogP contribution in [0.4, 0.5) is 0 Å². The van der Waals surface area contributed by atoms with Crippen molar-refractivity contribution in [1.29, 1.82) is 0 Å². The first-order chi connectivity index (χ1) is 22.1. The number of rotatable bonds is 13. The number of hydrogen-bond acceptors (Lipinski definition) is 9. The van der Waals surface area contributed by atoms with E-state index in [-0.39, 0.29) is 58.9 Å². The first-order valence-corrected chi connectivity index (χ1v) is 16.7. The predicted molar refractivity (Wildman–Crippen MR) is 184 cm³/mol. The molecule has 4 aromatic rings. The smallest absolute Gasteiger partial charge is 1.00 e. The molecule has 0 aliphatic heterocycles. The van der Waals surface area contributed by atoms with E-state index in [1.807, 2.05) is 36.4 Å². The van der Waals surface area contributed by atoms with Crippen molar-refractivity contribution in [3.63, 3.8) is 0 Å². The van der Waals surface area contributed by atoms with E-state index in [4.69, 9.17) is 42.6 Å². The molecule has 272 valence electrons. The Kier molecular flexibility index (Phi) is 18.4. The number of benzene rings is 3. The first kappa shape index (κ1) is 47.0. The van der Waals surface area contributed by atoms with Crippen molar-refractivity contribution in [3.05, 3.63) is 58.7 Å². The van der Waals surface area contributed by atoms with E-state index in [0.717, 1.165) is 31.9 Å². The minimum atomic E-state index is -3.82. The van der Waals surface area contributed by atoms with Crippen LogP contribution in [0.3, 0.4) is 0 Å². The van der Waals surface area contributed by atoms with Crippen LogP contribution in [0.15, 0.2) is 36.4 Å². The Bertz CT molecular complexity index is 1490. The maximum atomic E-state index is 6.26. The fourth-order valence-corrected chi connectivity index (χ4v) is 12.9. The Morgan fingerprint density at radius 1 is 0.380 bits per heavy atom. The molecule has 0 aliphatic carbocycles. The average molecular weight is 804 g/mol. The van der Waals surface area contributed by atoms with Gasteiger partial charge >= 0.3 is 21.7 Å². The van der Waals surface area contributed by atoms with Crippen LogP contribution in [0.2, 0.25) is 0 Å². The van der Waals surface area contributed by atoms with Gasteiger partial charge in [-0.1, -0.05) is 27.7 Å². The number of hydrogen-bond donors (Lipinski definition) is 0. The van der Waals surface area contributed by atoms with Crippen LogP contribution in [0.1, 0.15) is 22.3 Å². The summed E-state index contributed by atoms with van der Waals surface area (Å²) >= 11 is 0. The molecular weight excluding hydrogens is 759 g/mol. The van der Waals surface area contributed by atoms with E-state index in [9.17, 15) is 0 Å². The van der Waals surface area contributed by atoms with Crippen LogP contribution in [0, 0.1) is 27.7 Å². The topological polar surface area (TPSA) is 83.1 Å². The minimum absolute atomic E-state index is 0. The second-order valence-electron chi connectivity index (χ2n) is 10.8. The summed E-state index contributed by atoms with van der Waals surface area (Å²) in [4.78, 5) is 0. The molecule has 0 aliphatic rings. The first-order valence-electron chi connectivity index (χ1n) is 14.7. The van der Waals surface area contributed by atoms with Gasteiger partial charge in [0.15, 0.2) is 8.07 Å². The number of ether oxygens (including phenoxy) is 9. The molecule has 0 heterocycles. The fourth-order valence-electron chi connectivity index (χ4n) is 6.66. The fraction of sp³-hybridized carbons (Fsp3) is 0.361. The Balaban J connectivity index is 0.00000600. The van der Waals surface area contributed by atoms with Gasteiger partial charge in [-0.2, -0.15) is 22.3 Å². The van der Waals surface area contributed by atoms with E-state index in [1.54, 1.807) is 64.0 Å². The van der Waals surface area contributed by atoms with Crippen LogP contribution < -0.4 is 101 Å². The van der Waals surface area contributed by atoms with Gasteiger partial charge in [-0.3, -0.25) is 0 Å². The maximum absolute atomic E-state index is 6.26. The Labute approximate surface area is 330 Å². The van der Waals surface area contributed by atoms with Gasteiger partial charge in [-0.05, 0) is 0 Å². The van der Waals surface area contributed by atoms with Crippen molar-refractivity contribution in [3.8, 4) is 51.7 Å². The monoisotopic (exact) mass is 802 g/mol. The zero-order valence-electron chi connectivity index (χ0n) is 30.8. The molecule has 4 rings (SSSR count). The van der Waals surface area contributed by atoms with Crippen LogP contribution in [-0.2, 0) is 21.7 Å². The third kappa shape index (κ3) is 7.61. The van der Waals surface area contributed by atoms with Crippen molar-refractivity contribution in [2.24, 2.45) is 0 Å². The predicted octanol–water partition coefficient (Wildman–Crippen LogP) is -4.90. The molecule has 0 radical (unpaired) electrons. The summed E-state index contributed by atoms with van der Waals surface area (Å²) in [5, 5.41) is 3.46. The van der Waals surface area contributed by atoms with Gasteiger partial charge in [-0.25, -0.2) is 0 Å². The summed E-state index contributed by atoms with van der Waals surface area (Å²) in [6.45, 7) is 8.60. The van der Waals surface area contributed by atoms with Gasteiger partial charge < -0.3 is 79.9 Å². The average Bonchev–Trinajstić information content (AvgIpc) is 3.29. The summed E-state index contributed by atoms with van der Waals surface area (Å²) < 4.78 is 54.7. The van der Waals surface area contributed by atoms with Gasteiger partial charge in [0.1, 0.15) is 51.7 Å². The summed E-state index contributed by atoms with van der Waals surface area (Å²) in [5.74, 6) is 5.05. The third-order valence-electron chi connectivity index (χ3n) is 9.08. The van der Waals surface area contributed by atoms with Crippen LogP contribution in [0.5, 0.6) is 51.7 Å². The molecule has 0 unspecified atom stereocenters. The van der Waals surface area contributed by atoms with Crippen molar-refractivity contribution < 1.29 is 102 Å². The molecule has 0 N–H and O–H groups in total. The SMILES string of the molecule is COc1cc(OC)c([Si](c2c(OC)cc(OC)cc2OC)(c2c(OC)cc(OC)cc2OC)[c-]2c(C)c(C)c(C)c2C)c(OC)c1.[Cl-].[Cl-].[Cl-].[Ti+4]. The summed E-state index contributed by atoms with van der Waals surface area (Å²) in [6.07, 6.45) is 0. The second kappa shape index (κ2) is 19.6. The molecular formula is C36H45Cl3O9SiTi. The minimum Gasteiger partial charge on any atom is -1.00 e. The van der Waals surface area contributed by atoms with Crippen molar-refractivity contribution in [2.75, 3.05) is 64.0 Å². The van der Waals surface area contributed by atoms with E-state index in [0.29, 0.717) is 51.7 Å². The maximum Gasteiger partial charge on any atom is 4.00 e. The van der Waals surface area contributed by atoms with Gasteiger partial charge in [0.25, 0.3) is 0 Å². The number of methoxy groups -OCH3 is 9. The molecule has 0 atom stereocenters. The summed E-state index contributed by atoms with van der Waals surface area (Å²) in [5.41, 5.74) is 4.57. The van der Waals surface area contributed by atoms with Gasteiger partial charge in [0, 0.05) is 52.0 Å². The van der Waals surface area contributed by atoms with E-state index < -0.39 is 8.07 Å². The molecule has 14 heteroatoms. The molecule has 50 heavy (non-hydrogen) atoms. The molecule has 0 saturated carbocycles. The third-order valence-corrected chi connectivity index (χ3v) is 14.3. The van der Waals surface area contributed by atoms with E-state index >= 15 is 0 Å². The van der Waals surface area contributed by atoms with E-state index in [1.165, 1.54) is 11.1 Å². The molecule has 0 amide bonds. The largest absolute Gasteiger partial charge is 4.00 e.